The van der Waals surface area contributed by atoms with Crippen LogP contribution in [0.2, 0.25) is 0 Å². The number of hydrogen-bond donors (Lipinski definition) is 3. The lowest BCUT2D eigenvalue weighted by Crippen LogP contribution is -2.30. The van der Waals surface area contributed by atoms with Crippen LogP contribution in [0.5, 0.6) is 0 Å². The van der Waals surface area contributed by atoms with Crippen molar-refractivity contribution in [1.82, 2.24) is 0 Å². The first-order chi connectivity index (χ1) is 50.4. The predicted molar refractivity (Wildman–Crippen MR) is 428 cm³/mol. The summed E-state index contributed by atoms with van der Waals surface area (Å²) < 4.78 is 68.9. The highest BCUT2D eigenvalue weighted by Crippen LogP contribution is 2.45. The summed E-state index contributed by atoms with van der Waals surface area (Å²) in [6.45, 7) is 9.73. The molecule has 0 amide bonds. The van der Waals surface area contributed by atoms with Crippen LogP contribution in [0.1, 0.15) is 452 Å². The molecule has 0 aromatic rings. The number of esters is 4. The lowest BCUT2D eigenvalue weighted by molar-refractivity contribution is -0.161. The zero-order valence-electron chi connectivity index (χ0n) is 68.3. The molecule has 0 aliphatic rings. The summed E-state index contributed by atoms with van der Waals surface area (Å²) in [5, 5.41) is 10.7. The Balaban J connectivity index is 5.23. The summed E-state index contributed by atoms with van der Waals surface area (Å²) in [7, 11) is -9.92. The van der Waals surface area contributed by atoms with Crippen LogP contribution < -0.4 is 0 Å². The predicted octanol–water partition coefficient (Wildman–Crippen LogP) is 25.8. The Morgan fingerprint density at radius 2 is 0.442 bits per heavy atom. The molecule has 104 heavy (non-hydrogen) atoms. The van der Waals surface area contributed by atoms with Gasteiger partial charge in [-0.05, 0) is 37.5 Å². The third-order valence-electron chi connectivity index (χ3n) is 20.0. The van der Waals surface area contributed by atoms with Gasteiger partial charge < -0.3 is 33.8 Å². The molecule has 5 atom stereocenters. The number of ether oxygens (including phenoxy) is 4. The van der Waals surface area contributed by atoms with E-state index in [0.29, 0.717) is 25.7 Å². The maximum atomic E-state index is 13.1. The van der Waals surface area contributed by atoms with Crippen molar-refractivity contribution in [3.8, 4) is 0 Å². The Kier molecular flexibility index (Phi) is 75.0. The summed E-state index contributed by atoms with van der Waals surface area (Å²) in [6.07, 6.45) is 67.9. The summed E-state index contributed by atoms with van der Waals surface area (Å²) in [6, 6.07) is 0. The van der Waals surface area contributed by atoms with E-state index in [4.69, 9.17) is 37.0 Å². The van der Waals surface area contributed by atoms with E-state index in [0.717, 1.165) is 102 Å². The number of carbonyl (C=O) groups is 4. The second-order valence-corrected chi connectivity index (χ2v) is 34.4. The van der Waals surface area contributed by atoms with Crippen molar-refractivity contribution in [2.24, 2.45) is 11.8 Å². The Hall–Kier alpha value is -1.94. The molecule has 618 valence electrons. The van der Waals surface area contributed by atoms with Gasteiger partial charge in [-0.25, -0.2) is 9.13 Å². The van der Waals surface area contributed by atoms with Crippen LogP contribution in [-0.2, 0) is 65.4 Å². The van der Waals surface area contributed by atoms with E-state index >= 15 is 0 Å². The van der Waals surface area contributed by atoms with E-state index in [1.54, 1.807) is 0 Å². The van der Waals surface area contributed by atoms with E-state index in [2.05, 4.69) is 41.5 Å². The molecule has 0 aromatic heterocycles. The zero-order valence-corrected chi connectivity index (χ0v) is 70.1. The quantitative estimate of drug-likeness (QED) is 0.0222. The molecule has 0 saturated carbocycles. The summed E-state index contributed by atoms with van der Waals surface area (Å²) >= 11 is 0. The minimum absolute atomic E-state index is 0.108. The average Bonchev–Trinajstić information content (AvgIpc) is 0.906. The third-order valence-corrected chi connectivity index (χ3v) is 21.9. The van der Waals surface area contributed by atoms with Gasteiger partial charge in [0, 0.05) is 25.7 Å². The molecule has 0 rings (SSSR count). The highest BCUT2D eigenvalue weighted by Gasteiger charge is 2.30. The van der Waals surface area contributed by atoms with Crippen molar-refractivity contribution in [3.63, 3.8) is 0 Å². The Labute approximate surface area is 638 Å². The first-order valence-electron chi connectivity index (χ1n) is 44.0. The molecule has 0 heterocycles. The van der Waals surface area contributed by atoms with E-state index < -0.39 is 97.5 Å². The molecule has 0 aromatic carbocycles. The number of carbonyl (C=O) groups excluding carboxylic acids is 4. The van der Waals surface area contributed by atoms with Gasteiger partial charge in [0.2, 0.25) is 0 Å². The molecule has 19 heteroatoms. The third kappa shape index (κ3) is 78.2. The number of phosphoric ester groups is 2. The van der Waals surface area contributed by atoms with E-state index in [1.165, 1.54) is 270 Å². The van der Waals surface area contributed by atoms with Crippen LogP contribution in [0, 0.1) is 11.8 Å². The average molecular weight is 1520 g/mol. The molecular formula is C85H166O17P2. The Morgan fingerprint density at radius 1 is 0.260 bits per heavy atom. The van der Waals surface area contributed by atoms with Crippen LogP contribution in [0.15, 0.2) is 0 Å². The topological polar surface area (TPSA) is 237 Å². The second-order valence-electron chi connectivity index (χ2n) is 31.5. The van der Waals surface area contributed by atoms with Gasteiger partial charge in [-0.3, -0.25) is 37.3 Å². The molecule has 17 nitrogen and oxygen atoms in total. The minimum Gasteiger partial charge on any atom is -0.462 e. The van der Waals surface area contributed by atoms with Crippen LogP contribution in [0.4, 0.5) is 0 Å². The standard InChI is InChI=1S/C85H166O17P2/c1-7-9-11-13-15-17-19-20-32-39-45-51-57-63-69-84(89)101-80(73-95-82(87)67-61-55-49-43-35-18-16-14-12-10-8-2)75-99-103(91,92)97-71-79(86)72-98-104(93,94)100-76-81(74-96-83(88)68-62-56-50-44-38-33-29-25-27-31-37-42-48-54-60-66-78(5)6)102-85(90)70-64-58-52-46-40-34-28-24-22-21-23-26-30-36-41-47-53-59-65-77(3)4/h77-81,86H,7-76H2,1-6H3,(H,91,92)(H,93,94)/t79-,80+,81+/m0/s1. The molecule has 0 radical (unpaired) electrons. The van der Waals surface area contributed by atoms with Gasteiger partial charge in [0.15, 0.2) is 12.2 Å². The lowest BCUT2D eigenvalue weighted by atomic mass is 10.0. The number of hydrogen-bond acceptors (Lipinski definition) is 15. The van der Waals surface area contributed by atoms with Crippen LogP contribution in [-0.4, -0.2) is 96.7 Å². The first-order valence-corrected chi connectivity index (χ1v) is 47.0. The van der Waals surface area contributed by atoms with Gasteiger partial charge in [0.1, 0.15) is 19.3 Å². The van der Waals surface area contributed by atoms with Crippen molar-refractivity contribution >= 4 is 39.5 Å². The number of phosphoric acid groups is 2. The lowest BCUT2D eigenvalue weighted by Gasteiger charge is -2.21. The van der Waals surface area contributed by atoms with Gasteiger partial charge in [0.05, 0.1) is 26.4 Å². The second kappa shape index (κ2) is 76.4. The SMILES string of the molecule is CCCCCCCCCCCCCCCCC(=O)O[C@H](COC(=O)CCCCCCCCCCCCC)COP(=O)(O)OC[C@H](O)COP(=O)(O)OC[C@@H](COC(=O)CCCCCCCCCCCCCCCCCC(C)C)OC(=O)CCCCCCCCCCCCCCCCCCCCC(C)C. The molecule has 0 spiro atoms. The molecular weight excluding hydrogens is 1350 g/mol. The van der Waals surface area contributed by atoms with Crippen LogP contribution in [0.25, 0.3) is 0 Å². The van der Waals surface area contributed by atoms with Crippen molar-refractivity contribution in [2.75, 3.05) is 39.6 Å². The Morgan fingerprint density at radius 3 is 0.654 bits per heavy atom. The largest absolute Gasteiger partial charge is 0.472 e. The van der Waals surface area contributed by atoms with Crippen LogP contribution in [0.3, 0.4) is 0 Å². The molecule has 0 aliphatic carbocycles. The Bertz CT molecular complexity index is 1990. The van der Waals surface area contributed by atoms with Crippen molar-refractivity contribution in [3.05, 3.63) is 0 Å². The first kappa shape index (κ1) is 102. The molecule has 0 bridgehead atoms. The van der Waals surface area contributed by atoms with Gasteiger partial charge in [-0.1, -0.05) is 401 Å². The number of unbranched alkanes of at least 4 members (excludes halogenated alkanes) is 54. The molecule has 0 saturated heterocycles. The van der Waals surface area contributed by atoms with Crippen molar-refractivity contribution in [2.45, 2.75) is 471 Å². The highest BCUT2D eigenvalue weighted by molar-refractivity contribution is 7.47. The van der Waals surface area contributed by atoms with Gasteiger partial charge in [0.25, 0.3) is 0 Å². The van der Waals surface area contributed by atoms with Crippen molar-refractivity contribution in [1.29, 1.82) is 0 Å². The maximum Gasteiger partial charge on any atom is 0.472 e. The summed E-state index contributed by atoms with van der Waals surface area (Å²) in [5.41, 5.74) is 0. The zero-order chi connectivity index (χ0) is 76.4. The minimum atomic E-state index is -4.97. The summed E-state index contributed by atoms with van der Waals surface area (Å²) in [5.74, 6) is -0.474. The van der Waals surface area contributed by atoms with Crippen LogP contribution >= 0.6 is 15.6 Å². The molecule has 0 aliphatic heterocycles. The highest BCUT2D eigenvalue weighted by atomic mass is 31.2. The van der Waals surface area contributed by atoms with Gasteiger partial charge >= 0.3 is 39.5 Å². The smallest absolute Gasteiger partial charge is 0.462 e. The number of aliphatic hydroxyl groups excluding tert-OH is 1. The molecule has 0 fully saturated rings. The number of rotatable bonds is 84. The fourth-order valence-electron chi connectivity index (χ4n) is 13.2. The van der Waals surface area contributed by atoms with Gasteiger partial charge in [-0.2, -0.15) is 0 Å². The maximum absolute atomic E-state index is 13.1. The molecule has 3 N–H and O–H groups in total. The van der Waals surface area contributed by atoms with E-state index in [-0.39, 0.29) is 25.7 Å². The summed E-state index contributed by atoms with van der Waals surface area (Å²) in [4.78, 5) is 73.2. The number of aliphatic hydroxyl groups is 1. The van der Waals surface area contributed by atoms with E-state index in [1.807, 2.05) is 0 Å². The fourth-order valence-corrected chi connectivity index (χ4v) is 14.8. The normalized spacial score (nSPS) is 13.8. The van der Waals surface area contributed by atoms with E-state index in [9.17, 15) is 43.2 Å². The molecule has 2 unspecified atom stereocenters. The van der Waals surface area contributed by atoms with Crippen molar-refractivity contribution < 1.29 is 80.2 Å². The van der Waals surface area contributed by atoms with Gasteiger partial charge in [-0.15, -0.1) is 0 Å². The fraction of sp³-hybridized carbons (Fsp3) is 0.953. The monoisotopic (exact) mass is 1520 g/mol.